The summed E-state index contributed by atoms with van der Waals surface area (Å²) in [5.74, 6) is -0.450. The Kier molecular flexibility index (Phi) is 6.39. The van der Waals surface area contributed by atoms with Gasteiger partial charge in [-0.2, -0.15) is 0 Å². The summed E-state index contributed by atoms with van der Waals surface area (Å²) in [5.41, 5.74) is 2.32. The van der Waals surface area contributed by atoms with E-state index in [1.807, 2.05) is 6.07 Å². The lowest BCUT2D eigenvalue weighted by Crippen LogP contribution is -2.59. The molecule has 1 aliphatic rings. The van der Waals surface area contributed by atoms with Crippen molar-refractivity contribution in [3.63, 3.8) is 0 Å². The van der Waals surface area contributed by atoms with Crippen LogP contribution in [0.15, 0.2) is 77.9 Å². The van der Waals surface area contributed by atoms with Crippen LogP contribution in [-0.2, 0) is 0 Å². The van der Waals surface area contributed by atoms with E-state index in [9.17, 15) is 14.4 Å². The number of pyridine rings is 1. The van der Waals surface area contributed by atoms with Crippen LogP contribution in [0.1, 0.15) is 27.1 Å². The van der Waals surface area contributed by atoms with Gasteiger partial charge in [0.2, 0.25) is 0 Å². The number of halogens is 1. The molecule has 8 nitrogen and oxygen atoms in total. The first-order valence-electron chi connectivity index (χ1n) is 11.4. The summed E-state index contributed by atoms with van der Waals surface area (Å²) >= 11 is 6.13. The first-order valence-corrected chi connectivity index (χ1v) is 11.7. The van der Waals surface area contributed by atoms with E-state index in [-0.39, 0.29) is 29.5 Å². The van der Waals surface area contributed by atoms with E-state index in [0.717, 1.165) is 17.4 Å². The number of carbonyl (C=O) groups excluding carboxylic acids is 2. The molecule has 2 atom stereocenters. The van der Waals surface area contributed by atoms with Crippen LogP contribution in [0.4, 0.5) is 0 Å². The molecule has 1 saturated heterocycles. The van der Waals surface area contributed by atoms with Crippen molar-refractivity contribution in [2.24, 2.45) is 0 Å². The van der Waals surface area contributed by atoms with Gasteiger partial charge in [0, 0.05) is 52.7 Å². The molecule has 2 amide bonds. The van der Waals surface area contributed by atoms with Gasteiger partial charge in [0.15, 0.2) is 0 Å². The fraction of sp³-hybridized carbons (Fsp3) is 0.192. The number of hydrogen-bond donors (Lipinski definition) is 4. The van der Waals surface area contributed by atoms with Crippen molar-refractivity contribution in [2.75, 3.05) is 13.1 Å². The molecule has 0 radical (unpaired) electrons. The minimum atomic E-state index is -0.273. The maximum atomic E-state index is 12.9. The van der Waals surface area contributed by atoms with Crippen LogP contribution >= 0.6 is 11.6 Å². The molecule has 0 aliphatic carbocycles. The minimum absolute atomic E-state index is 0.142. The normalized spacial score (nSPS) is 17.7. The topological polar surface area (TPSA) is 108 Å². The van der Waals surface area contributed by atoms with Gasteiger partial charge in [-0.25, -0.2) is 0 Å². The van der Waals surface area contributed by atoms with Gasteiger partial charge < -0.3 is 20.9 Å². The number of hydrogen-bond acceptors (Lipinski definition) is 4. The zero-order valence-corrected chi connectivity index (χ0v) is 19.5. The summed E-state index contributed by atoms with van der Waals surface area (Å²) in [6, 6.07) is 16.6. The highest BCUT2D eigenvalue weighted by molar-refractivity contribution is 6.35. The van der Waals surface area contributed by atoms with Gasteiger partial charge in [-0.05, 0) is 55.4 Å². The van der Waals surface area contributed by atoms with Crippen molar-refractivity contribution >= 4 is 34.3 Å². The highest BCUT2D eigenvalue weighted by Gasteiger charge is 2.28. The molecule has 9 heteroatoms. The highest BCUT2D eigenvalue weighted by Crippen LogP contribution is 2.23. The number of fused-ring (bicyclic) bond motifs is 1. The number of aromatic amines is 1. The third kappa shape index (κ3) is 4.84. The molecule has 0 bridgehead atoms. The van der Waals surface area contributed by atoms with Crippen molar-refractivity contribution in [3.8, 4) is 5.69 Å². The number of nitrogens with one attached hydrogen (secondary N) is 4. The lowest BCUT2D eigenvalue weighted by atomic mass is 9.99. The number of amides is 2. The number of rotatable bonds is 5. The van der Waals surface area contributed by atoms with Gasteiger partial charge in [-0.3, -0.25) is 19.0 Å². The van der Waals surface area contributed by atoms with Gasteiger partial charge in [-0.1, -0.05) is 23.7 Å². The average molecular weight is 490 g/mol. The van der Waals surface area contributed by atoms with E-state index >= 15 is 0 Å². The molecule has 5 rings (SSSR count). The van der Waals surface area contributed by atoms with E-state index in [1.54, 1.807) is 60.9 Å². The number of nitrogens with zero attached hydrogens (tertiary/aromatic N) is 1. The van der Waals surface area contributed by atoms with Crippen LogP contribution in [0.3, 0.4) is 0 Å². The number of benzene rings is 2. The van der Waals surface area contributed by atoms with Crippen LogP contribution in [-0.4, -0.2) is 46.5 Å². The zero-order valence-electron chi connectivity index (χ0n) is 18.8. The van der Waals surface area contributed by atoms with Crippen molar-refractivity contribution in [3.05, 3.63) is 99.6 Å². The summed E-state index contributed by atoms with van der Waals surface area (Å²) in [4.78, 5) is 41.0. The first kappa shape index (κ1) is 22.9. The van der Waals surface area contributed by atoms with Gasteiger partial charge in [0.1, 0.15) is 0 Å². The molecule has 4 N–H and O–H groups in total. The SMILES string of the molecule is O=C(N[C@H]1CNCC[C@H]1NC(=O)c1ccc(-n2ccccc2=O)cc1)c1ccc2c(Cl)c[nH]c2c1. The van der Waals surface area contributed by atoms with Crippen LogP contribution in [0.25, 0.3) is 16.6 Å². The second-order valence-electron chi connectivity index (χ2n) is 8.51. The molecule has 0 spiro atoms. The molecule has 0 unspecified atom stereocenters. The predicted octanol–water partition coefficient (Wildman–Crippen LogP) is 2.86. The number of carbonyl (C=O) groups is 2. The lowest BCUT2D eigenvalue weighted by Gasteiger charge is -2.33. The van der Waals surface area contributed by atoms with E-state index in [0.29, 0.717) is 34.8 Å². The molecule has 0 saturated carbocycles. The molecule has 1 aliphatic heterocycles. The molecular formula is C26H24ClN5O3. The van der Waals surface area contributed by atoms with Crippen LogP contribution < -0.4 is 21.5 Å². The van der Waals surface area contributed by atoms with Crippen molar-refractivity contribution in [1.29, 1.82) is 0 Å². The Hall–Kier alpha value is -3.88. The van der Waals surface area contributed by atoms with Crippen LogP contribution in [0, 0.1) is 0 Å². The third-order valence-corrected chi connectivity index (χ3v) is 6.55. The van der Waals surface area contributed by atoms with E-state index < -0.39 is 0 Å². The molecule has 35 heavy (non-hydrogen) atoms. The number of piperidine rings is 1. The molecule has 1 fully saturated rings. The maximum Gasteiger partial charge on any atom is 0.255 e. The maximum absolute atomic E-state index is 12.9. The Labute approximate surface area is 206 Å². The smallest absolute Gasteiger partial charge is 0.255 e. The Morgan fingerprint density at radius 2 is 1.69 bits per heavy atom. The Morgan fingerprint density at radius 3 is 2.49 bits per heavy atom. The van der Waals surface area contributed by atoms with Crippen molar-refractivity contribution in [1.82, 2.24) is 25.5 Å². The number of aromatic nitrogens is 2. The molecule has 3 heterocycles. The van der Waals surface area contributed by atoms with Gasteiger partial charge in [-0.15, -0.1) is 0 Å². The summed E-state index contributed by atoms with van der Waals surface area (Å²) in [6.45, 7) is 1.28. The predicted molar refractivity (Wildman–Crippen MR) is 135 cm³/mol. The molecule has 178 valence electrons. The summed E-state index contributed by atoms with van der Waals surface area (Å²) in [5, 5.41) is 10.8. The summed E-state index contributed by atoms with van der Waals surface area (Å²) < 4.78 is 1.51. The molecule has 2 aromatic carbocycles. The standard InChI is InChI=1S/C26H24ClN5O3/c27-20-14-29-22-13-17(6-9-19(20)22)26(35)31-23-15-28-11-10-21(23)30-25(34)16-4-7-18(8-5-16)32-12-2-1-3-24(32)33/h1-9,12-14,21,23,28-29H,10-11,15H2,(H,30,34)(H,31,35)/t21-,23+/m1/s1. The van der Waals surface area contributed by atoms with Gasteiger partial charge >= 0.3 is 0 Å². The third-order valence-electron chi connectivity index (χ3n) is 6.24. The molecule has 4 aromatic rings. The molecular weight excluding hydrogens is 466 g/mol. The Bertz CT molecular complexity index is 1440. The second-order valence-corrected chi connectivity index (χ2v) is 8.91. The fourth-order valence-electron chi connectivity index (χ4n) is 4.33. The lowest BCUT2D eigenvalue weighted by molar-refractivity contribution is 0.0869. The quantitative estimate of drug-likeness (QED) is 0.345. The molecule has 2 aromatic heterocycles. The first-order chi connectivity index (χ1) is 17.0. The van der Waals surface area contributed by atoms with Crippen molar-refractivity contribution in [2.45, 2.75) is 18.5 Å². The van der Waals surface area contributed by atoms with Gasteiger partial charge in [0.05, 0.1) is 17.1 Å². The zero-order chi connectivity index (χ0) is 24.4. The average Bonchev–Trinajstić information content (AvgIpc) is 3.25. The van der Waals surface area contributed by atoms with Gasteiger partial charge in [0.25, 0.3) is 17.4 Å². The Morgan fingerprint density at radius 1 is 0.943 bits per heavy atom. The van der Waals surface area contributed by atoms with Crippen LogP contribution in [0.5, 0.6) is 0 Å². The Balaban J connectivity index is 1.27. The van der Waals surface area contributed by atoms with E-state index in [4.69, 9.17) is 11.6 Å². The summed E-state index contributed by atoms with van der Waals surface area (Å²) in [6.07, 6.45) is 4.05. The number of H-pyrrole nitrogens is 1. The monoisotopic (exact) mass is 489 g/mol. The van der Waals surface area contributed by atoms with Crippen molar-refractivity contribution < 1.29 is 9.59 Å². The van der Waals surface area contributed by atoms with E-state index in [1.165, 1.54) is 10.6 Å². The second kappa shape index (κ2) is 9.77. The fourth-order valence-corrected chi connectivity index (χ4v) is 4.55. The summed E-state index contributed by atoms with van der Waals surface area (Å²) in [7, 11) is 0. The van der Waals surface area contributed by atoms with E-state index in [2.05, 4.69) is 20.9 Å². The highest BCUT2D eigenvalue weighted by atomic mass is 35.5. The largest absolute Gasteiger partial charge is 0.360 e. The minimum Gasteiger partial charge on any atom is -0.360 e. The van der Waals surface area contributed by atoms with Crippen LogP contribution in [0.2, 0.25) is 5.02 Å².